The van der Waals surface area contributed by atoms with Crippen molar-refractivity contribution in [3.8, 4) is 0 Å². The maximum atomic E-state index is 13.0. The number of rotatable bonds is 8. The highest BCUT2D eigenvalue weighted by Crippen LogP contribution is 2.24. The van der Waals surface area contributed by atoms with Crippen molar-refractivity contribution in [2.75, 3.05) is 38.2 Å². The first-order chi connectivity index (χ1) is 15.8. The topological polar surface area (TPSA) is 102 Å². The Balaban J connectivity index is 1.70. The van der Waals surface area contributed by atoms with Crippen molar-refractivity contribution in [3.63, 3.8) is 0 Å². The summed E-state index contributed by atoms with van der Waals surface area (Å²) < 4.78 is 37.8. The number of para-hydroxylation sites is 1. The van der Waals surface area contributed by atoms with Crippen molar-refractivity contribution in [1.82, 2.24) is 4.31 Å². The Labute approximate surface area is 194 Å². The number of sulfonamides is 1. The van der Waals surface area contributed by atoms with Gasteiger partial charge in [0.15, 0.2) is 6.61 Å². The second-order valence-corrected chi connectivity index (χ2v) is 9.69. The number of carbonyl (C=O) groups is 2. The molecule has 0 spiro atoms. The number of nitrogens with one attached hydrogen (secondary N) is 1. The van der Waals surface area contributed by atoms with Gasteiger partial charge in [0.2, 0.25) is 10.0 Å². The average molecular weight is 475 g/mol. The summed E-state index contributed by atoms with van der Waals surface area (Å²) >= 11 is 0. The number of morpholine rings is 1. The summed E-state index contributed by atoms with van der Waals surface area (Å²) in [5.41, 5.74) is 3.36. The van der Waals surface area contributed by atoms with Crippen LogP contribution in [0.2, 0.25) is 0 Å². The van der Waals surface area contributed by atoms with Gasteiger partial charge in [0, 0.05) is 18.8 Å². The van der Waals surface area contributed by atoms with E-state index in [9.17, 15) is 18.0 Å². The molecule has 0 bridgehead atoms. The second-order valence-electron chi connectivity index (χ2n) is 7.78. The van der Waals surface area contributed by atoms with Crippen LogP contribution in [0.5, 0.6) is 0 Å². The van der Waals surface area contributed by atoms with E-state index < -0.39 is 28.5 Å². The predicted octanol–water partition coefficient (Wildman–Crippen LogP) is 2.94. The van der Waals surface area contributed by atoms with Gasteiger partial charge in [-0.25, -0.2) is 13.2 Å². The minimum Gasteiger partial charge on any atom is -0.452 e. The first-order valence-corrected chi connectivity index (χ1v) is 12.5. The third-order valence-electron chi connectivity index (χ3n) is 5.61. The molecule has 0 unspecified atom stereocenters. The van der Waals surface area contributed by atoms with Crippen molar-refractivity contribution < 1.29 is 27.5 Å². The van der Waals surface area contributed by atoms with Crippen LogP contribution >= 0.6 is 0 Å². The van der Waals surface area contributed by atoms with Gasteiger partial charge in [-0.2, -0.15) is 4.31 Å². The number of nitrogens with zero attached hydrogens (tertiary/aromatic N) is 1. The summed E-state index contributed by atoms with van der Waals surface area (Å²) in [5.74, 6) is -1.21. The number of ether oxygens (including phenoxy) is 2. The smallest absolute Gasteiger partial charge is 0.338 e. The van der Waals surface area contributed by atoms with Gasteiger partial charge >= 0.3 is 5.97 Å². The standard InChI is InChI=1S/C24H30N2O6S/c1-4-18-7-6-8-19(5-2)23(18)25-22(27)16-32-24(28)20-10-9-17(3)21(15-20)33(29,30)26-11-13-31-14-12-26/h6-10,15H,4-5,11-14,16H2,1-3H3,(H,25,27). The Hall–Kier alpha value is -2.75. The van der Waals surface area contributed by atoms with Crippen molar-refractivity contribution >= 4 is 27.6 Å². The normalized spacial score (nSPS) is 14.6. The van der Waals surface area contributed by atoms with Gasteiger partial charge in [-0.15, -0.1) is 0 Å². The highest BCUT2D eigenvalue weighted by atomic mass is 32.2. The van der Waals surface area contributed by atoms with Gasteiger partial charge in [-0.3, -0.25) is 4.79 Å². The molecule has 33 heavy (non-hydrogen) atoms. The molecule has 1 N–H and O–H groups in total. The molecule has 1 heterocycles. The fraction of sp³-hybridized carbons (Fsp3) is 0.417. The van der Waals surface area contributed by atoms with Gasteiger partial charge in [-0.05, 0) is 48.6 Å². The number of aryl methyl sites for hydroxylation is 3. The van der Waals surface area contributed by atoms with Crippen molar-refractivity contribution in [3.05, 3.63) is 58.7 Å². The van der Waals surface area contributed by atoms with E-state index in [1.807, 2.05) is 32.0 Å². The zero-order valence-electron chi connectivity index (χ0n) is 19.2. The zero-order valence-corrected chi connectivity index (χ0v) is 20.0. The van der Waals surface area contributed by atoms with Crippen LogP contribution in [-0.4, -0.2) is 57.5 Å². The molecular weight excluding hydrogens is 444 g/mol. The summed E-state index contributed by atoms with van der Waals surface area (Å²) in [6.45, 7) is 6.39. The van der Waals surface area contributed by atoms with E-state index in [1.165, 1.54) is 16.4 Å². The highest BCUT2D eigenvalue weighted by molar-refractivity contribution is 7.89. The maximum Gasteiger partial charge on any atom is 0.338 e. The Kier molecular flexibility index (Phi) is 8.23. The second kappa shape index (κ2) is 10.9. The largest absolute Gasteiger partial charge is 0.452 e. The Morgan fingerprint density at radius 3 is 2.30 bits per heavy atom. The number of carbonyl (C=O) groups excluding carboxylic acids is 2. The molecule has 1 fully saturated rings. The van der Waals surface area contributed by atoms with E-state index >= 15 is 0 Å². The van der Waals surface area contributed by atoms with Crippen LogP contribution in [-0.2, 0) is 37.1 Å². The van der Waals surface area contributed by atoms with Gasteiger partial charge in [-0.1, -0.05) is 38.1 Å². The fourth-order valence-electron chi connectivity index (χ4n) is 3.72. The van der Waals surface area contributed by atoms with Crippen LogP contribution in [0.4, 0.5) is 5.69 Å². The number of amides is 1. The molecule has 3 rings (SSSR count). The van der Waals surface area contributed by atoms with E-state index in [0.29, 0.717) is 18.8 Å². The molecule has 0 radical (unpaired) electrons. The van der Waals surface area contributed by atoms with Crippen LogP contribution in [0.15, 0.2) is 41.3 Å². The number of hydrogen-bond acceptors (Lipinski definition) is 6. The average Bonchev–Trinajstić information content (AvgIpc) is 2.83. The molecule has 2 aromatic rings. The third kappa shape index (κ3) is 5.79. The summed E-state index contributed by atoms with van der Waals surface area (Å²) in [5, 5.41) is 2.85. The predicted molar refractivity (Wildman–Crippen MR) is 125 cm³/mol. The Morgan fingerprint density at radius 1 is 1.06 bits per heavy atom. The lowest BCUT2D eigenvalue weighted by Crippen LogP contribution is -2.40. The summed E-state index contributed by atoms with van der Waals surface area (Å²) in [7, 11) is -3.77. The molecule has 0 aromatic heterocycles. The SMILES string of the molecule is CCc1cccc(CC)c1NC(=O)COC(=O)c1ccc(C)c(S(=O)(=O)N2CCOCC2)c1. The van der Waals surface area contributed by atoms with Crippen molar-refractivity contribution in [2.24, 2.45) is 0 Å². The van der Waals surface area contributed by atoms with Gasteiger partial charge < -0.3 is 14.8 Å². The quantitative estimate of drug-likeness (QED) is 0.590. The highest BCUT2D eigenvalue weighted by Gasteiger charge is 2.28. The first kappa shape index (κ1) is 24.9. The van der Waals surface area contributed by atoms with Gasteiger partial charge in [0.25, 0.3) is 5.91 Å². The van der Waals surface area contributed by atoms with Crippen molar-refractivity contribution in [2.45, 2.75) is 38.5 Å². The summed E-state index contributed by atoms with van der Waals surface area (Å²) in [6, 6.07) is 10.2. The van der Waals surface area contributed by atoms with Gasteiger partial charge in [0.1, 0.15) is 0 Å². The monoisotopic (exact) mass is 474 g/mol. The molecule has 0 aliphatic carbocycles. The van der Waals surface area contributed by atoms with Crippen LogP contribution in [0.25, 0.3) is 0 Å². The van der Waals surface area contributed by atoms with Crippen LogP contribution < -0.4 is 5.32 Å². The molecule has 1 amide bonds. The van der Waals surface area contributed by atoms with E-state index in [0.717, 1.165) is 29.7 Å². The number of hydrogen-bond donors (Lipinski definition) is 1. The lowest BCUT2D eigenvalue weighted by Gasteiger charge is -2.26. The molecule has 0 saturated carbocycles. The van der Waals surface area contributed by atoms with Crippen LogP contribution in [0.1, 0.15) is 40.9 Å². The lowest BCUT2D eigenvalue weighted by atomic mass is 10.0. The Bertz CT molecular complexity index is 1100. The van der Waals surface area contributed by atoms with E-state index in [2.05, 4.69) is 5.32 Å². The maximum absolute atomic E-state index is 13.0. The molecule has 1 aliphatic rings. The van der Waals surface area contributed by atoms with Gasteiger partial charge in [0.05, 0.1) is 23.7 Å². The number of anilines is 1. The minimum absolute atomic E-state index is 0.0489. The van der Waals surface area contributed by atoms with E-state index in [-0.39, 0.29) is 23.5 Å². The van der Waals surface area contributed by atoms with E-state index in [4.69, 9.17) is 9.47 Å². The van der Waals surface area contributed by atoms with Crippen molar-refractivity contribution in [1.29, 1.82) is 0 Å². The molecule has 2 aromatic carbocycles. The first-order valence-electron chi connectivity index (χ1n) is 11.0. The molecule has 0 atom stereocenters. The fourth-order valence-corrected chi connectivity index (χ4v) is 5.38. The van der Waals surface area contributed by atoms with Crippen LogP contribution in [0.3, 0.4) is 0 Å². The molecular formula is C24H30N2O6S. The molecule has 1 aliphatic heterocycles. The third-order valence-corrected chi connectivity index (χ3v) is 7.65. The number of esters is 1. The molecule has 8 nitrogen and oxygen atoms in total. The summed E-state index contributed by atoms with van der Waals surface area (Å²) in [4.78, 5) is 25.1. The van der Waals surface area contributed by atoms with E-state index in [1.54, 1.807) is 13.0 Å². The molecule has 1 saturated heterocycles. The Morgan fingerprint density at radius 2 is 1.70 bits per heavy atom. The molecule has 178 valence electrons. The summed E-state index contributed by atoms with van der Waals surface area (Å²) in [6.07, 6.45) is 1.51. The van der Waals surface area contributed by atoms with Crippen LogP contribution in [0, 0.1) is 6.92 Å². The minimum atomic E-state index is -3.77. The zero-order chi connectivity index (χ0) is 24.0. The molecule has 9 heteroatoms. The number of benzene rings is 2. The lowest BCUT2D eigenvalue weighted by molar-refractivity contribution is -0.119.